The number of likely N-dealkylation sites (N-methyl/N-ethyl adjacent to an activating group) is 1. The van der Waals surface area contributed by atoms with Gasteiger partial charge in [-0.3, -0.25) is 9.78 Å². The van der Waals surface area contributed by atoms with Gasteiger partial charge in [0.05, 0.1) is 16.3 Å². The molecule has 1 saturated heterocycles. The maximum atomic E-state index is 14.4. The van der Waals surface area contributed by atoms with Crippen LogP contribution in [0.25, 0.3) is 0 Å². The first kappa shape index (κ1) is 29.1. The lowest BCUT2D eigenvalue weighted by Crippen LogP contribution is -2.55. The minimum absolute atomic E-state index is 0.0506. The molecule has 6 nitrogen and oxygen atoms in total. The van der Waals surface area contributed by atoms with Crippen molar-refractivity contribution < 1.29 is 13.2 Å². The Kier molecular flexibility index (Phi) is 9.23. The van der Waals surface area contributed by atoms with Crippen molar-refractivity contribution in [3.8, 4) is 0 Å². The number of benzene rings is 1. The summed E-state index contributed by atoms with van der Waals surface area (Å²) < 4.78 is 27.6. The van der Waals surface area contributed by atoms with Crippen molar-refractivity contribution in [1.82, 2.24) is 14.2 Å². The highest BCUT2D eigenvalue weighted by Gasteiger charge is 2.48. The van der Waals surface area contributed by atoms with Crippen LogP contribution in [-0.2, 0) is 14.8 Å². The molecular weight excluding hydrogens is 541 g/mol. The first-order valence-corrected chi connectivity index (χ1v) is 15.6. The number of allylic oxidation sites excluding steroid dienone is 1. The molecule has 1 aliphatic heterocycles. The van der Waals surface area contributed by atoms with Gasteiger partial charge in [-0.05, 0) is 67.3 Å². The van der Waals surface area contributed by atoms with Gasteiger partial charge in [-0.25, -0.2) is 12.7 Å². The number of hydrogen-bond acceptors (Lipinski definition) is 4. The number of rotatable bonds is 11. The van der Waals surface area contributed by atoms with Crippen LogP contribution >= 0.6 is 23.2 Å². The third-order valence-electron chi connectivity index (χ3n) is 8.06. The molecule has 2 aromatic rings. The van der Waals surface area contributed by atoms with Crippen LogP contribution in [0.4, 0.5) is 0 Å². The number of halogens is 2. The van der Waals surface area contributed by atoms with Gasteiger partial charge in [-0.15, -0.1) is 6.58 Å². The molecule has 1 aromatic carbocycles. The number of sulfonamides is 1. The zero-order valence-corrected chi connectivity index (χ0v) is 24.6. The van der Waals surface area contributed by atoms with Gasteiger partial charge in [0, 0.05) is 48.9 Å². The molecule has 4 rings (SSSR count). The second-order valence-electron chi connectivity index (χ2n) is 10.7. The number of amides is 1. The molecule has 38 heavy (non-hydrogen) atoms. The van der Waals surface area contributed by atoms with E-state index in [0.29, 0.717) is 42.1 Å². The molecule has 1 aliphatic carbocycles. The van der Waals surface area contributed by atoms with Gasteiger partial charge in [0.1, 0.15) is 0 Å². The minimum atomic E-state index is -3.39. The second-order valence-corrected chi connectivity index (χ2v) is 13.9. The smallest absolute Gasteiger partial charge is 0.226 e. The topological polar surface area (TPSA) is 70.6 Å². The molecule has 9 heteroatoms. The largest absolute Gasteiger partial charge is 0.330 e. The van der Waals surface area contributed by atoms with E-state index in [2.05, 4.69) is 18.5 Å². The fourth-order valence-electron chi connectivity index (χ4n) is 5.77. The van der Waals surface area contributed by atoms with Crippen molar-refractivity contribution in [1.29, 1.82) is 0 Å². The monoisotopic (exact) mass is 577 g/mol. The Morgan fingerprint density at radius 3 is 2.42 bits per heavy atom. The highest BCUT2D eigenvalue weighted by molar-refractivity contribution is 7.90. The summed E-state index contributed by atoms with van der Waals surface area (Å²) in [5, 5.41) is 0.849. The van der Waals surface area contributed by atoms with Crippen LogP contribution in [0.3, 0.4) is 0 Å². The maximum Gasteiger partial charge on any atom is 0.226 e. The number of hydrogen-bond donors (Lipinski definition) is 0. The molecule has 206 valence electrons. The molecule has 2 fully saturated rings. The predicted octanol–water partition coefficient (Wildman–Crippen LogP) is 6.48. The van der Waals surface area contributed by atoms with E-state index in [-0.39, 0.29) is 47.5 Å². The molecule has 0 bridgehead atoms. The molecule has 1 aromatic heterocycles. The average Bonchev–Trinajstić information content (AvgIpc) is 3.74. The van der Waals surface area contributed by atoms with Crippen molar-refractivity contribution in [2.24, 2.45) is 11.8 Å². The number of nitrogens with zero attached hydrogens (tertiary/aromatic N) is 3. The number of pyridine rings is 1. The van der Waals surface area contributed by atoms with Crippen molar-refractivity contribution in [2.45, 2.75) is 69.2 Å². The molecule has 2 aliphatic rings. The van der Waals surface area contributed by atoms with Crippen LogP contribution in [-0.4, -0.2) is 53.4 Å². The number of piperidine rings is 1. The Balaban J connectivity index is 1.83. The summed E-state index contributed by atoms with van der Waals surface area (Å²) in [6.45, 7) is 8.25. The van der Waals surface area contributed by atoms with Crippen LogP contribution in [0.15, 0.2) is 55.4 Å². The summed E-state index contributed by atoms with van der Waals surface area (Å²) in [7, 11) is -1.75. The number of carbonyl (C=O) groups excluding carboxylic acids is 1. The van der Waals surface area contributed by atoms with E-state index in [1.807, 2.05) is 54.4 Å². The zero-order valence-electron chi connectivity index (χ0n) is 22.3. The first-order chi connectivity index (χ1) is 18.1. The van der Waals surface area contributed by atoms with E-state index in [9.17, 15) is 13.2 Å². The van der Waals surface area contributed by atoms with E-state index in [1.54, 1.807) is 13.2 Å². The fraction of sp³-hybridized carbons (Fsp3) is 0.517. The predicted molar refractivity (Wildman–Crippen MR) is 154 cm³/mol. The fourth-order valence-corrected chi connectivity index (χ4v) is 7.70. The van der Waals surface area contributed by atoms with Crippen LogP contribution in [0.5, 0.6) is 0 Å². The summed E-state index contributed by atoms with van der Waals surface area (Å²) in [6, 6.07) is 8.89. The molecular formula is C29H37Cl2N3O3S. The quantitative estimate of drug-likeness (QED) is 0.287. The molecule has 2 heterocycles. The third kappa shape index (κ3) is 6.11. The molecule has 0 radical (unpaired) electrons. The van der Waals surface area contributed by atoms with E-state index >= 15 is 0 Å². The summed E-state index contributed by atoms with van der Waals surface area (Å²) in [5.74, 6) is -0.208. The van der Waals surface area contributed by atoms with Crippen molar-refractivity contribution in [2.75, 3.05) is 13.6 Å². The van der Waals surface area contributed by atoms with Crippen LogP contribution in [0.1, 0.15) is 69.0 Å². The van der Waals surface area contributed by atoms with E-state index < -0.39 is 10.0 Å². The maximum absolute atomic E-state index is 14.4. The molecule has 0 spiro atoms. The summed E-state index contributed by atoms with van der Waals surface area (Å²) in [4.78, 5) is 20.7. The SMILES string of the molecule is C=CC[C@H](C)C1C[C@@H](c2cncc(Cl)c2)[C@H](c2ccc(Cl)cc2)N([C@@H](CC)CN(C)S(=O)(=O)C2CC2)C1=O. The van der Waals surface area contributed by atoms with Crippen molar-refractivity contribution >= 4 is 39.1 Å². The van der Waals surface area contributed by atoms with Crippen LogP contribution in [0.2, 0.25) is 10.0 Å². The summed E-state index contributed by atoms with van der Waals surface area (Å²) >= 11 is 12.6. The van der Waals surface area contributed by atoms with Gasteiger partial charge in [0.25, 0.3) is 0 Å². The Morgan fingerprint density at radius 1 is 1.16 bits per heavy atom. The number of carbonyl (C=O) groups is 1. The number of likely N-dealkylation sites (tertiary alicyclic amines) is 1. The number of aromatic nitrogens is 1. The second kappa shape index (κ2) is 12.1. The van der Waals surface area contributed by atoms with E-state index in [1.165, 1.54) is 4.31 Å². The minimum Gasteiger partial charge on any atom is -0.330 e. The first-order valence-electron chi connectivity index (χ1n) is 13.3. The van der Waals surface area contributed by atoms with Crippen molar-refractivity contribution in [3.63, 3.8) is 0 Å². The molecule has 1 saturated carbocycles. The average molecular weight is 579 g/mol. The van der Waals surface area contributed by atoms with Gasteiger partial charge in [-0.1, -0.05) is 55.3 Å². The Labute approximate surface area is 237 Å². The van der Waals surface area contributed by atoms with Gasteiger partial charge in [-0.2, -0.15) is 0 Å². The van der Waals surface area contributed by atoms with Gasteiger partial charge in [0.15, 0.2) is 0 Å². The highest BCUT2D eigenvalue weighted by atomic mass is 35.5. The van der Waals surface area contributed by atoms with Gasteiger partial charge in [0.2, 0.25) is 15.9 Å². The lowest BCUT2D eigenvalue weighted by molar-refractivity contribution is -0.149. The molecule has 1 amide bonds. The zero-order chi connectivity index (χ0) is 27.6. The van der Waals surface area contributed by atoms with Crippen LogP contribution < -0.4 is 0 Å². The van der Waals surface area contributed by atoms with E-state index in [0.717, 1.165) is 11.1 Å². The highest BCUT2D eigenvalue weighted by Crippen LogP contribution is 2.49. The third-order valence-corrected chi connectivity index (χ3v) is 10.9. The standard InChI is InChI=1S/C29H37Cl2N3O3S/c1-5-7-19(3)26-15-27(21-14-23(31)17-32-16-21)28(20-8-10-22(30)11-9-20)34(29(26)35)24(6-2)18-33(4)38(36,37)25-12-13-25/h5,8-11,14,16-17,19,24-28H,1,6-7,12-13,15,18H2,2-4H3/t19-,24-,26?,27-,28-/m0/s1. The van der Waals surface area contributed by atoms with Crippen LogP contribution in [0, 0.1) is 11.8 Å². The summed E-state index contributed by atoms with van der Waals surface area (Å²) in [6.07, 6.45) is 8.65. The molecule has 0 N–H and O–H groups in total. The lowest BCUT2D eigenvalue weighted by atomic mass is 9.71. The normalized spacial score (nSPS) is 23.9. The van der Waals surface area contributed by atoms with E-state index in [4.69, 9.17) is 23.2 Å². The summed E-state index contributed by atoms with van der Waals surface area (Å²) in [5.41, 5.74) is 1.91. The van der Waals surface area contributed by atoms with Crippen molar-refractivity contribution in [3.05, 3.63) is 76.6 Å². The Bertz CT molecular complexity index is 1250. The lowest BCUT2D eigenvalue weighted by Gasteiger charge is -2.50. The Morgan fingerprint density at radius 2 is 1.84 bits per heavy atom. The molecule has 1 unspecified atom stereocenters. The molecule has 5 atom stereocenters. The Hall–Kier alpha value is -1.93. The van der Waals surface area contributed by atoms with Gasteiger partial charge >= 0.3 is 0 Å². The van der Waals surface area contributed by atoms with Gasteiger partial charge < -0.3 is 4.90 Å².